The fraction of sp³-hybridized carbons (Fsp3) is 0.556. The Balaban J connectivity index is 2.26. The molecule has 0 bridgehead atoms. The fourth-order valence-electron chi connectivity index (χ4n) is 1.15. The second-order valence-corrected chi connectivity index (χ2v) is 5.68. The van der Waals surface area contributed by atoms with E-state index < -0.39 is 9.84 Å². The third kappa shape index (κ3) is 3.93. The van der Waals surface area contributed by atoms with E-state index >= 15 is 0 Å². The molecule has 80 valence electrons. The molecule has 0 radical (unpaired) electrons. The van der Waals surface area contributed by atoms with Crippen molar-refractivity contribution in [2.45, 2.75) is 6.54 Å². The van der Waals surface area contributed by atoms with Gasteiger partial charge in [-0.05, 0) is 12.1 Å². The largest absolute Gasteiger partial charge is 0.353 e. The Bertz CT molecular complexity index is 381. The van der Waals surface area contributed by atoms with Gasteiger partial charge in [-0.3, -0.25) is 0 Å². The van der Waals surface area contributed by atoms with Crippen molar-refractivity contribution in [1.29, 1.82) is 0 Å². The summed E-state index contributed by atoms with van der Waals surface area (Å²) in [5.41, 5.74) is 1.15. The Kier molecular flexibility index (Phi) is 3.71. The van der Waals surface area contributed by atoms with Gasteiger partial charge in [0.05, 0.1) is 5.75 Å². The molecule has 0 atom stereocenters. The Morgan fingerprint density at radius 1 is 1.50 bits per heavy atom. The molecule has 0 aromatic carbocycles. The van der Waals surface area contributed by atoms with Crippen molar-refractivity contribution < 1.29 is 8.42 Å². The van der Waals surface area contributed by atoms with Gasteiger partial charge in [-0.1, -0.05) is 0 Å². The third-order valence-electron chi connectivity index (χ3n) is 2.01. The number of hydrogen-bond donors (Lipinski definition) is 1. The molecule has 0 aliphatic carbocycles. The molecular formula is C9H16N2O2S. The molecule has 1 rings (SSSR count). The summed E-state index contributed by atoms with van der Waals surface area (Å²) in [5, 5.41) is 3.09. The van der Waals surface area contributed by atoms with Crippen LogP contribution in [0.3, 0.4) is 0 Å². The molecule has 0 amide bonds. The average molecular weight is 216 g/mol. The van der Waals surface area contributed by atoms with Gasteiger partial charge < -0.3 is 9.88 Å². The lowest BCUT2D eigenvalue weighted by Gasteiger charge is -2.04. The monoisotopic (exact) mass is 216 g/mol. The van der Waals surface area contributed by atoms with E-state index in [4.69, 9.17) is 0 Å². The minimum Gasteiger partial charge on any atom is -0.353 e. The topological polar surface area (TPSA) is 51.1 Å². The molecule has 14 heavy (non-hydrogen) atoms. The zero-order chi connectivity index (χ0) is 10.6. The highest BCUT2D eigenvalue weighted by Gasteiger charge is 2.01. The Morgan fingerprint density at radius 2 is 2.21 bits per heavy atom. The summed E-state index contributed by atoms with van der Waals surface area (Å²) in [6.07, 6.45) is 3.21. The molecule has 0 aliphatic rings. The number of sulfone groups is 1. The van der Waals surface area contributed by atoms with Crippen molar-refractivity contribution in [1.82, 2.24) is 9.88 Å². The maximum atomic E-state index is 10.8. The minimum atomic E-state index is -2.84. The molecule has 0 spiro atoms. The Labute approximate surface area is 84.9 Å². The van der Waals surface area contributed by atoms with Crippen molar-refractivity contribution in [3.63, 3.8) is 0 Å². The van der Waals surface area contributed by atoms with Crippen molar-refractivity contribution in [3.05, 3.63) is 24.0 Å². The predicted octanol–water partition coefficient (Wildman–Crippen LogP) is 0.159. The number of aryl methyl sites for hydroxylation is 1. The normalized spacial score (nSPS) is 11.9. The molecule has 0 aliphatic heterocycles. The van der Waals surface area contributed by atoms with Crippen LogP contribution in [0.2, 0.25) is 0 Å². The number of nitrogens with one attached hydrogen (secondary N) is 1. The quantitative estimate of drug-likeness (QED) is 0.713. The Hall–Kier alpha value is -0.810. The second kappa shape index (κ2) is 4.61. The van der Waals surface area contributed by atoms with E-state index in [1.165, 1.54) is 6.26 Å². The highest BCUT2D eigenvalue weighted by molar-refractivity contribution is 7.90. The van der Waals surface area contributed by atoms with Crippen molar-refractivity contribution in [3.8, 4) is 0 Å². The molecule has 1 N–H and O–H groups in total. The van der Waals surface area contributed by atoms with E-state index in [0.29, 0.717) is 13.1 Å². The van der Waals surface area contributed by atoms with Gasteiger partial charge in [-0.25, -0.2) is 8.42 Å². The molecule has 0 unspecified atom stereocenters. The molecule has 1 heterocycles. The fourth-order valence-corrected chi connectivity index (χ4v) is 1.67. The van der Waals surface area contributed by atoms with Gasteiger partial charge in [-0.15, -0.1) is 0 Å². The summed E-state index contributed by atoms with van der Waals surface area (Å²) < 4.78 is 23.6. The predicted molar refractivity (Wildman–Crippen MR) is 56.8 cm³/mol. The first-order chi connectivity index (χ1) is 6.49. The smallest absolute Gasteiger partial charge is 0.148 e. The maximum absolute atomic E-state index is 10.8. The summed E-state index contributed by atoms with van der Waals surface area (Å²) in [5.74, 6) is 0.192. The minimum absolute atomic E-state index is 0.192. The van der Waals surface area contributed by atoms with Gasteiger partial charge in [0.25, 0.3) is 0 Å². The van der Waals surface area contributed by atoms with Crippen LogP contribution in [0.25, 0.3) is 0 Å². The van der Waals surface area contributed by atoms with Crippen LogP contribution in [0.1, 0.15) is 5.69 Å². The molecular weight excluding hydrogens is 200 g/mol. The van der Waals surface area contributed by atoms with Crippen LogP contribution in [0.4, 0.5) is 0 Å². The number of aromatic nitrogens is 1. The lowest BCUT2D eigenvalue weighted by molar-refractivity contribution is 0.595. The van der Waals surface area contributed by atoms with Gasteiger partial charge in [0.15, 0.2) is 0 Å². The van der Waals surface area contributed by atoms with Crippen LogP contribution in [0.15, 0.2) is 18.3 Å². The van der Waals surface area contributed by atoms with E-state index in [1.807, 2.05) is 29.9 Å². The molecule has 1 aromatic rings. The summed E-state index contributed by atoms with van der Waals surface area (Å²) >= 11 is 0. The van der Waals surface area contributed by atoms with Crippen LogP contribution < -0.4 is 5.32 Å². The van der Waals surface area contributed by atoms with Gasteiger partial charge in [0.2, 0.25) is 0 Å². The van der Waals surface area contributed by atoms with Crippen LogP contribution in [0, 0.1) is 0 Å². The summed E-state index contributed by atoms with van der Waals surface area (Å²) in [6, 6.07) is 3.97. The molecule has 5 heteroatoms. The maximum Gasteiger partial charge on any atom is 0.148 e. The van der Waals surface area contributed by atoms with Crippen LogP contribution in [0.5, 0.6) is 0 Å². The van der Waals surface area contributed by atoms with Crippen LogP contribution in [-0.4, -0.2) is 31.5 Å². The summed E-state index contributed by atoms with van der Waals surface area (Å²) in [7, 11) is -0.879. The SMILES string of the molecule is Cn1cccc1CNCCS(C)(=O)=O. The van der Waals surface area contributed by atoms with E-state index in [1.54, 1.807) is 0 Å². The molecule has 0 saturated heterocycles. The summed E-state index contributed by atoms with van der Waals surface area (Å²) in [6.45, 7) is 1.21. The first kappa shape index (κ1) is 11.3. The van der Waals surface area contributed by atoms with Crippen molar-refractivity contribution >= 4 is 9.84 Å². The second-order valence-electron chi connectivity index (χ2n) is 3.42. The van der Waals surface area contributed by atoms with Gasteiger partial charge in [-0.2, -0.15) is 0 Å². The van der Waals surface area contributed by atoms with Crippen molar-refractivity contribution in [2.24, 2.45) is 7.05 Å². The zero-order valence-corrected chi connectivity index (χ0v) is 9.34. The molecule has 0 fully saturated rings. The van der Waals surface area contributed by atoms with E-state index in [2.05, 4.69) is 5.32 Å². The molecule has 4 nitrogen and oxygen atoms in total. The first-order valence-electron chi connectivity index (χ1n) is 4.48. The average Bonchev–Trinajstić information content (AvgIpc) is 2.44. The van der Waals surface area contributed by atoms with E-state index in [0.717, 1.165) is 5.69 Å². The van der Waals surface area contributed by atoms with E-state index in [-0.39, 0.29) is 5.75 Å². The highest BCUT2D eigenvalue weighted by Crippen LogP contribution is 1.97. The molecule has 1 aromatic heterocycles. The number of nitrogens with zero attached hydrogens (tertiary/aromatic N) is 1. The lowest BCUT2D eigenvalue weighted by atomic mass is 10.4. The summed E-state index contributed by atoms with van der Waals surface area (Å²) in [4.78, 5) is 0. The van der Waals surface area contributed by atoms with Crippen LogP contribution >= 0.6 is 0 Å². The Morgan fingerprint density at radius 3 is 2.71 bits per heavy atom. The highest BCUT2D eigenvalue weighted by atomic mass is 32.2. The lowest BCUT2D eigenvalue weighted by Crippen LogP contribution is -2.22. The van der Waals surface area contributed by atoms with Crippen LogP contribution in [-0.2, 0) is 23.4 Å². The van der Waals surface area contributed by atoms with E-state index in [9.17, 15) is 8.42 Å². The number of rotatable bonds is 5. The number of hydrogen-bond acceptors (Lipinski definition) is 3. The first-order valence-corrected chi connectivity index (χ1v) is 6.54. The third-order valence-corrected chi connectivity index (χ3v) is 2.95. The van der Waals surface area contributed by atoms with Crippen molar-refractivity contribution in [2.75, 3.05) is 18.6 Å². The standard InChI is InChI=1S/C9H16N2O2S/c1-11-6-3-4-9(11)8-10-5-7-14(2,12)13/h3-4,6,10H,5,7-8H2,1-2H3. The van der Waals surface area contributed by atoms with Gasteiger partial charge in [0, 0.05) is 38.3 Å². The zero-order valence-electron chi connectivity index (χ0n) is 8.53. The molecule has 0 saturated carbocycles. The van der Waals surface area contributed by atoms with Gasteiger partial charge in [0.1, 0.15) is 9.84 Å². The van der Waals surface area contributed by atoms with Gasteiger partial charge >= 0.3 is 0 Å².